The number of imidazole rings is 2. The first-order valence-corrected chi connectivity index (χ1v) is 18.6. The summed E-state index contributed by atoms with van der Waals surface area (Å²) in [5.41, 5.74) is 10.8. The maximum absolute atomic E-state index is 13.2. The van der Waals surface area contributed by atoms with Crippen LogP contribution in [-0.4, -0.2) is 84.9 Å². The van der Waals surface area contributed by atoms with E-state index in [0.29, 0.717) is 13.1 Å². The van der Waals surface area contributed by atoms with Crippen molar-refractivity contribution < 1.29 is 19.1 Å². The van der Waals surface area contributed by atoms with E-state index in [2.05, 4.69) is 64.2 Å². The minimum atomic E-state index is -0.681. The first kappa shape index (κ1) is 35.6. The SMILES string of the molecule is COC(=O)N[C@@H](C)C(=O)N1CCC[C@H]1c1ncc(C2(C)CCC(C)(c3ccc4cc(-c5c[nH]c([C@@H]6CCCN6C(=O)[C@H](C)N)n5)ccc4n3)CC2)[nH]1. The fourth-order valence-electron chi connectivity index (χ4n) is 8.41. The Kier molecular flexibility index (Phi) is 9.58. The highest BCUT2D eigenvalue weighted by Gasteiger charge is 2.42. The second-order valence-corrected chi connectivity index (χ2v) is 15.6. The summed E-state index contributed by atoms with van der Waals surface area (Å²) in [6.45, 7) is 9.38. The molecule has 4 aromatic rings. The lowest BCUT2D eigenvalue weighted by atomic mass is 9.63. The molecule has 0 radical (unpaired) electrons. The van der Waals surface area contributed by atoms with Crippen LogP contribution in [0.4, 0.5) is 4.79 Å². The summed E-state index contributed by atoms with van der Waals surface area (Å²) in [4.78, 5) is 63.0. The molecular weight excluding hydrogens is 658 g/mol. The molecule has 2 saturated heterocycles. The number of hydrogen-bond acceptors (Lipinski definition) is 8. The summed E-state index contributed by atoms with van der Waals surface area (Å²) in [5, 5.41) is 3.65. The summed E-state index contributed by atoms with van der Waals surface area (Å²) in [5.74, 6) is 1.43. The Hall–Kier alpha value is -4.78. The van der Waals surface area contributed by atoms with Gasteiger partial charge in [-0.3, -0.25) is 14.6 Å². The van der Waals surface area contributed by atoms with Crippen molar-refractivity contribution in [3.8, 4) is 11.3 Å². The van der Waals surface area contributed by atoms with Crippen molar-refractivity contribution in [3.05, 3.63) is 65.8 Å². The van der Waals surface area contributed by atoms with E-state index >= 15 is 0 Å². The minimum absolute atomic E-state index is 0.0384. The number of nitrogens with two attached hydrogens (primary N) is 1. The third kappa shape index (κ3) is 6.66. The van der Waals surface area contributed by atoms with Gasteiger partial charge >= 0.3 is 6.09 Å². The molecule has 1 aromatic carbocycles. The normalized spacial score (nSPS) is 26.0. The topological polar surface area (TPSA) is 175 Å². The lowest BCUT2D eigenvalue weighted by Gasteiger charge is -2.42. The number of methoxy groups -OCH3 is 1. The molecule has 5 heterocycles. The molecule has 0 bridgehead atoms. The number of fused-ring (bicyclic) bond motifs is 1. The van der Waals surface area contributed by atoms with Crippen molar-refractivity contribution in [1.29, 1.82) is 0 Å². The summed E-state index contributed by atoms with van der Waals surface area (Å²) in [7, 11) is 1.29. The van der Waals surface area contributed by atoms with Crippen molar-refractivity contribution in [2.45, 2.75) is 114 Å². The number of carbonyl (C=O) groups is 3. The molecule has 7 rings (SSSR count). The van der Waals surface area contributed by atoms with Crippen LogP contribution in [0.15, 0.2) is 42.7 Å². The second-order valence-electron chi connectivity index (χ2n) is 15.6. The number of likely N-dealkylation sites (tertiary alicyclic amines) is 2. The number of aromatic nitrogens is 5. The van der Waals surface area contributed by atoms with E-state index in [1.807, 2.05) is 22.2 Å². The van der Waals surface area contributed by atoms with Crippen molar-refractivity contribution in [1.82, 2.24) is 40.0 Å². The van der Waals surface area contributed by atoms with E-state index in [4.69, 9.17) is 20.7 Å². The third-order valence-corrected chi connectivity index (χ3v) is 11.9. The predicted octanol–water partition coefficient (Wildman–Crippen LogP) is 5.56. The Morgan fingerprint density at radius 3 is 2.29 bits per heavy atom. The lowest BCUT2D eigenvalue weighted by molar-refractivity contribution is -0.134. The van der Waals surface area contributed by atoms with Crippen LogP contribution in [0.25, 0.3) is 22.2 Å². The van der Waals surface area contributed by atoms with Gasteiger partial charge in [0.05, 0.1) is 36.4 Å². The Labute approximate surface area is 304 Å². The highest BCUT2D eigenvalue weighted by molar-refractivity contribution is 5.86. The van der Waals surface area contributed by atoms with Crippen LogP contribution in [0, 0.1) is 0 Å². The molecule has 0 spiro atoms. The average Bonchev–Trinajstić information content (AvgIpc) is 3.98. The van der Waals surface area contributed by atoms with Crippen molar-refractivity contribution in [3.63, 3.8) is 0 Å². The molecule has 1 aliphatic carbocycles. The smallest absolute Gasteiger partial charge is 0.407 e. The number of hydrogen-bond donors (Lipinski definition) is 4. The molecule has 1 saturated carbocycles. The average molecular weight is 710 g/mol. The zero-order valence-electron chi connectivity index (χ0n) is 30.9. The number of carbonyl (C=O) groups excluding carboxylic acids is 3. The van der Waals surface area contributed by atoms with Gasteiger partial charge in [-0.2, -0.15) is 0 Å². The van der Waals surface area contributed by atoms with Crippen molar-refractivity contribution in [2.24, 2.45) is 5.73 Å². The van der Waals surface area contributed by atoms with E-state index in [0.717, 1.165) is 96.6 Å². The molecule has 0 unspecified atom stereocenters. The number of amides is 3. The van der Waals surface area contributed by atoms with E-state index in [9.17, 15) is 14.4 Å². The van der Waals surface area contributed by atoms with Gasteiger partial charge in [0.1, 0.15) is 17.7 Å². The molecule has 276 valence electrons. The number of benzene rings is 1. The molecule has 3 fully saturated rings. The maximum atomic E-state index is 13.2. The Balaban J connectivity index is 1.01. The third-order valence-electron chi connectivity index (χ3n) is 11.9. The highest BCUT2D eigenvalue weighted by Crippen LogP contribution is 2.48. The van der Waals surface area contributed by atoms with Crippen molar-refractivity contribution in [2.75, 3.05) is 20.2 Å². The standard InChI is InChI=1S/C39H51N9O4/c1-23(40)35(49)47-18-6-8-29(47)33-41-21-28(45-33)26-10-12-27-25(20-26)11-13-31(44-27)38(3)14-16-39(4,17-15-38)32-22-42-34(46-32)30-9-7-19-48(30)36(50)24(2)43-37(51)52-5/h10-13,20-24,29-30H,6-9,14-19,40H2,1-5H3,(H,41,45)(H,42,46)(H,43,51)/t23-,24-,29-,30-,38?,39?/m0/s1. The fraction of sp³-hybridized carbons (Fsp3) is 0.538. The van der Waals surface area contributed by atoms with Gasteiger partial charge in [0.2, 0.25) is 11.8 Å². The number of pyridine rings is 1. The Bertz CT molecular complexity index is 1960. The van der Waals surface area contributed by atoms with Crippen LogP contribution in [-0.2, 0) is 25.2 Å². The first-order valence-electron chi connectivity index (χ1n) is 18.6. The molecule has 5 N–H and O–H groups in total. The largest absolute Gasteiger partial charge is 0.453 e. The quantitative estimate of drug-likeness (QED) is 0.184. The van der Waals surface area contributed by atoms with E-state index < -0.39 is 18.2 Å². The van der Waals surface area contributed by atoms with Crippen LogP contribution in [0.2, 0.25) is 0 Å². The summed E-state index contributed by atoms with van der Waals surface area (Å²) in [6, 6.07) is 9.20. The minimum Gasteiger partial charge on any atom is -0.453 e. The molecule has 4 atom stereocenters. The van der Waals surface area contributed by atoms with Gasteiger partial charge in [-0.25, -0.2) is 14.8 Å². The molecule has 2 aliphatic heterocycles. The fourth-order valence-corrected chi connectivity index (χ4v) is 8.41. The number of H-pyrrole nitrogens is 2. The van der Waals surface area contributed by atoms with E-state index in [1.165, 1.54) is 7.11 Å². The van der Waals surface area contributed by atoms with Crippen LogP contribution >= 0.6 is 0 Å². The Morgan fingerprint density at radius 2 is 1.60 bits per heavy atom. The zero-order chi connectivity index (χ0) is 36.8. The molecule has 3 amide bonds. The maximum Gasteiger partial charge on any atom is 0.407 e. The van der Waals surface area contributed by atoms with Crippen molar-refractivity contribution >= 4 is 28.8 Å². The summed E-state index contributed by atoms with van der Waals surface area (Å²) >= 11 is 0. The molecule has 13 heteroatoms. The van der Waals surface area contributed by atoms with E-state index in [1.54, 1.807) is 13.8 Å². The van der Waals surface area contributed by atoms with Crippen LogP contribution in [0.1, 0.15) is 114 Å². The van der Waals surface area contributed by atoms with Gasteiger partial charge in [0.15, 0.2) is 0 Å². The number of rotatable bonds is 8. The molecule has 13 nitrogen and oxygen atoms in total. The molecule has 3 aromatic heterocycles. The van der Waals surface area contributed by atoms with Gasteiger partial charge in [-0.15, -0.1) is 0 Å². The van der Waals surface area contributed by atoms with Crippen LogP contribution in [0.3, 0.4) is 0 Å². The monoisotopic (exact) mass is 709 g/mol. The van der Waals surface area contributed by atoms with Crippen LogP contribution in [0.5, 0.6) is 0 Å². The van der Waals surface area contributed by atoms with Crippen LogP contribution < -0.4 is 11.1 Å². The molecule has 52 heavy (non-hydrogen) atoms. The zero-order valence-corrected chi connectivity index (χ0v) is 30.9. The predicted molar refractivity (Wildman–Crippen MR) is 197 cm³/mol. The second kappa shape index (κ2) is 14.0. The number of nitrogens with one attached hydrogen (secondary N) is 3. The number of alkyl carbamates (subject to hydrolysis) is 1. The van der Waals surface area contributed by atoms with Gasteiger partial charge in [-0.05, 0) is 83.4 Å². The highest BCUT2D eigenvalue weighted by atomic mass is 16.5. The van der Waals surface area contributed by atoms with E-state index in [-0.39, 0.29) is 34.7 Å². The van der Waals surface area contributed by atoms with Gasteiger partial charge < -0.3 is 35.6 Å². The van der Waals surface area contributed by atoms with Gasteiger partial charge in [-0.1, -0.05) is 26.0 Å². The first-order chi connectivity index (χ1) is 24.9. The summed E-state index contributed by atoms with van der Waals surface area (Å²) in [6.07, 6.45) is 10.7. The Morgan fingerprint density at radius 1 is 0.923 bits per heavy atom. The summed E-state index contributed by atoms with van der Waals surface area (Å²) < 4.78 is 4.68. The molecular formula is C39H51N9O4. The number of nitrogens with zero attached hydrogens (tertiary/aromatic N) is 5. The van der Waals surface area contributed by atoms with Gasteiger partial charge in [0, 0.05) is 58.7 Å². The lowest BCUT2D eigenvalue weighted by Crippen LogP contribution is -2.46. The van der Waals surface area contributed by atoms with Gasteiger partial charge in [0.25, 0.3) is 0 Å². The number of ether oxygens (including phenoxy) is 1. The number of aromatic amines is 2. The molecule has 3 aliphatic rings.